The van der Waals surface area contributed by atoms with Crippen LogP contribution in [0.15, 0.2) is 0 Å². The van der Waals surface area contributed by atoms with Crippen LogP contribution in [-0.4, -0.2) is 30.6 Å². The second kappa shape index (κ2) is 5.48. The molecule has 1 saturated heterocycles. The van der Waals surface area contributed by atoms with Gasteiger partial charge < -0.3 is 10.2 Å². The van der Waals surface area contributed by atoms with Crippen molar-refractivity contribution in [2.75, 3.05) is 19.6 Å². The number of urea groups is 1. The Kier molecular flexibility index (Phi) is 4.24. The van der Waals surface area contributed by atoms with Gasteiger partial charge in [0, 0.05) is 19.6 Å². The number of nitriles is 1. The highest BCUT2D eigenvalue weighted by atomic mass is 16.2. The van der Waals surface area contributed by atoms with Crippen LogP contribution in [0.25, 0.3) is 0 Å². The Bertz CT molecular complexity index is 234. The monoisotopic (exact) mass is 195 g/mol. The molecule has 78 valence electrons. The number of hydrogen-bond acceptors (Lipinski definition) is 2. The molecule has 4 nitrogen and oxygen atoms in total. The van der Waals surface area contributed by atoms with Crippen molar-refractivity contribution in [3.63, 3.8) is 0 Å². The second-order valence-corrected chi connectivity index (χ2v) is 3.83. The Balaban J connectivity index is 2.26. The average molecular weight is 195 g/mol. The fourth-order valence-electron chi connectivity index (χ4n) is 1.71. The van der Waals surface area contributed by atoms with E-state index in [9.17, 15) is 4.79 Å². The first-order valence-corrected chi connectivity index (χ1v) is 5.13. The summed E-state index contributed by atoms with van der Waals surface area (Å²) >= 11 is 0. The van der Waals surface area contributed by atoms with Crippen molar-refractivity contribution >= 4 is 6.03 Å². The minimum absolute atomic E-state index is 0.0215. The highest BCUT2D eigenvalue weighted by molar-refractivity contribution is 5.74. The van der Waals surface area contributed by atoms with Crippen LogP contribution in [0.2, 0.25) is 0 Å². The zero-order valence-electron chi connectivity index (χ0n) is 8.62. The van der Waals surface area contributed by atoms with Crippen LogP contribution in [0.4, 0.5) is 4.79 Å². The molecule has 0 spiro atoms. The van der Waals surface area contributed by atoms with Crippen LogP contribution in [0.3, 0.4) is 0 Å². The predicted molar refractivity (Wildman–Crippen MR) is 53.6 cm³/mol. The van der Waals surface area contributed by atoms with E-state index in [0.29, 0.717) is 18.9 Å². The maximum Gasteiger partial charge on any atom is 0.317 e. The van der Waals surface area contributed by atoms with E-state index in [2.05, 4.69) is 12.2 Å². The van der Waals surface area contributed by atoms with Gasteiger partial charge >= 0.3 is 6.03 Å². The lowest BCUT2D eigenvalue weighted by Gasteiger charge is -2.30. The van der Waals surface area contributed by atoms with Gasteiger partial charge in [0.15, 0.2) is 0 Å². The number of nitrogens with zero attached hydrogens (tertiary/aromatic N) is 2. The molecule has 1 unspecified atom stereocenters. The van der Waals surface area contributed by atoms with Gasteiger partial charge in [0.25, 0.3) is 0 Å². The van der Waals surface area contributed by atoms with Gasteiger partial charge in [-0.3, -0.25) is 0 Å². The lowest BCUT2D eigenvalue weighted by molar-refractivity contribution is 0.170. The first kappa shape index (κ1) is 10.8. The Labute approximate surface area is 84.9 Å². The van der Waals surface area contributed by atoms with E-state index >= 15 is 0 Å². The third-order valence-corrected chi connectivity index (χ3v) is 2.46. The lowest BCUT2D eigenvalue weighted by Crippen LogP contribution is -2.45. The van der Waals surface area contributed by atoms with Crippen LogP contribution in [-0.2, 0) is 0 Å². The Morgan fingerprint density at radius 2 is 2.50 bits per heavy atom. The van der Waals surface area contributed by atoms with E-state index in [4.69, 9.17) is 5.26 Å². The summed E-state index contributed by atoms with van der Waals surface area (Å²) < 4.78 is 0. The molecular weight excluding hydrogens is 178 g/mol. The Morgan fingerprint density at radius 1 is 1.71 bits per heavy atom. The van der Waals surface area contributed by atoms with Crippen LogP contribution in [0.5, 0.6) is 0 Å². The number of piperidine rings is 1. The van der Waals surface area contributed by atoms with Gasteiger partial charge in [-0.15, -0.1) is 0 Å². The van der Waals surface area contributed by atoms with Gasteiger partial charge in [0.05, 0.1) is 12.5 Å². The fraction of sp³-hybridized carbons (Fsp3) is 0.800. The maximum atomic E-state index is 11.5. The zero-order chi connectivity index (χ0) is 10.4. The van der Waals surface area contributed by atoms with Gasteiger partial charge in [-0.25, -0.2) is 4.79 Å². The molecule has 1 atom stereocenters. The molecule has 0 bridgehead atoms. The van der Waals surface area contributed by atoms with Crippen molar-refractivity contribution in [2.45, 2.75) is 26.2 Å². The van der Waals surface area contributed by atoms with E-state index in [1.54, 1.807) is 0 Å². The number of carbonyl (C=O) groups is 1. The van der Waals surface area contributed by atoms with Gasteiger partial charge in [-0.2, -0.15) is 5.26 Å². The van der Waals surface area contributed by atoms with Crippen molar-refractivity contribution in [2.24, 2.45) is 5.92 Å². The standard InChI is InChI=1S/C10H17N3O/c1-9-4-2-7-13(8-9)10(14)12-6-3-5-11/h9H,2-4,6-8H2,1H3,(H,12,14). The van der Waals surface area contributed by atoms with Crippen molar-refractivity contribution in [3.05, 3.63) is 0 Å². The molecule has 0 aromatic heterocycles. The molecule has 4 heteroatoms. The minimum atomic E-state index is -0.0215. The topological polar surface area (TPSA) is 56.1 Å². The molecule has 1 heterocycles. The third-order valence-electron chi connectivity index (χ3n) is 2.46. The molecule has 1 fully saturated rings. The summed E-state index contributed by atoms with van der Waals surface area (Å²) in [6.07, 6.45) is 2.68. The summed E-state index contributed by atoms with van der Waals surface area (Å²) in [7, 11) is 0. The first-order valence-electron chi connectivity index (χ1n) is 5.13. The summed E-state index contributed by atoms with van der Waals surface area (Å²) in [6.45, 7) is 4.32. The van der Waals surface area contributed by atoms with Gasteiger partial charge in [0.2, 0.25) is 0 Å². The fourth-order valence-corrected chi connectivity index (χ4v) is 1.71. The number of likely N-dealkylation sites (tertiary alicyclic amines) is 1. The summed E-state index contributed by atoms with van der Waals surface area (Å²) in [4.78, 5) is 13.4. The quantitative estimate of drug-likeness (QED) is 0.676. The molecule has 0 radical (unpaired) electrons. The molecule has 0 aromatic rings. The van der Waals surface area contributed by atoms with E-state index in [1.165, 1.54) is 6.42 Å². The highest BCUT2D eigenvalue weighted by Gasteiger charge is 2.19. The second-order valence-electron chi connectivity index (χ2n) is 3.83. The SMILES string of the molecule is CC1CCCN(C(=O)NCCC#N)C1. The van der Waals surface area contributed by atoms with Gasteiger partial charge in [-0.05, 0) is 18.8 Å². The maximum absolute atomic E-state index is 11.5. The van der Waals surface area contributed by atoms with Crippen LogP contribution < -0.4 is 5.32 Å². The molecule has 1 N–H and O–H groups in total. The number of carbonyl (C=O) groups excluding carboxylic acids is 1. The van der Waals surface area contributed by atoms with E-state index in [1.807, 2.05) is 11.0 Å². The van der Waals surface area contributed by atoms with Crippen LogP contribution in [0, 0.1) is 17.2 Å². The van der Waals surface area contributed by atoms with E-state index in [0.717, 1.165) is 19.5 Å². The van der Waals surface area contributed by atoms with Crippen LogP contribution >= 0.6 is 0 Å². The largest absolute Gasteiger partial charge is 0.337 e. The van der Waals surface area contributed by atoms with Gasteiger partial charge in [-0.1, -0.05) is 6.92 Å². The summed E-state index contributed by atoms with van der Waals surface area (Å²) in [5.74, 6) is 0.602. The average Bonchev–Trinajstić information content (AvgIpc) is 2.18. The minimum Gasteiger partial charge on any atom is -0.337 e. The smallest absolute Gasteiger partial charge is 0.317 e. The number of rotatable bonds is 2. The summed E-state index contributed by atoms with van der Waals surface area (Å²) in [5.41, 5.74) is 0. The van der Waals surface area contributed by atoms with Crippen molar-refractivity contribution < 1.29 is 4.79 Å². The van der Waals surface area contributed by atoms with Crippen molar-refractivity contribution in [3.8, 4) is 6.07 Å². The summed E-state index contributed by atoms with van der Waals surface area (Å²) in [5, 5.41) is 11.1. The Morgan fingerprint density at radius 3 is 3.14 bits per heavy atom. The molecular formula is C10H17N3O. The third kappa shape index (κ3) is 3.25. The molecule has 14 heavy (non-hydrogen) atoms. The number of hydrogen-bond donors (Lipinski definition) is 1. The molecule has 1 rings (SSSR count). The number of amides is 2. The van der Waals surface area contributed by atoms with Crippen LogP contribution in [0.1, 0.15) is 26.2 Å². The molecule has 1 aliphatic heterocycles. The van der Waals surface area contributed by atoms with E-state index in [-0.39, 0.29) is 6.03 Å². The van der Waals surface area contributed by atoms with Crippen molar-refractivity contribution in [1.29, 1.82) is 5.26 Å². The normalized spacial score (nSPS) is 21.4. The molecule has 0 saturated carbocycles. The predicted octanol–water partition coefficient (Wildman–Crippen LogP) is 1.34. The Hall–Kier alpha value is -1.24. The highest BCUT2D eigenvalue weighted by Crippen LogP contribution is 2.14. The number of nitrogens with one attached hydrogen (secondary N) is 1. The summed E-state index contributed by atoms with van der Waals surface area (Å²) in [6, 6.07) is 1.98. The molecule has 0 aromatic carbocycles. The van der Waals surface area contributed by atoms with E-state index < -0.39 is 0 Å². The molecule has 1 aliphatic rings. The molecule has 0 aliphatic carbocycles. The van der Waals surface area contributed by atoms with Crippen molar-refractivity contribution in [1.82, 2.24) is 10.2 Å². The molecule has 2 amide bonds. The lowest BCUT2D eigenvalue weighted by atomic mass is 10.0. The van der Waals surface area contributed by atoms with Gasteiger partial charge in [0.1, 0.15) is 0 Å². The zero-order valence-corrected chi connectivity index (χ0v) is 8.62. The first-order chi connectivity index (χ1) is 6.74.